The molecule has 2 aromatic rings. The van der Waals surface area contributed by atoms with Crippen LogP contribution in [0.3, 0.4) is 0 Å². The normalized spacial score (nSPS) is 31.6. The summed E-state index contributed by atoms with van der Waals surface area (Å²) in [6.07, 6.45) is 7.42. The molecule has 4 heterocycles. The number of carbonyl (C=O) groups is 1. The van der Waals surface area contributed by atoms with Crippen LogP contribution in [0.25, 0.3) is 10.9 Å². The van der Waals surface area contributed by atoms with Crippen molar-refractivity contribution in [3.63, 3.8) is 0 Å². The molecule has 2 bridgehead atoms. The summed E-state index contributed by atoms with van der Waals surface area (Å²) >= 11 is 0. The van der Waals surface area contributed by atoms with E-state index in [1.807, 2.05) is 24.4 Å². The van der Waals surface area contributed by atoms with Gasteiger partial charge in [0.25, 0.3) is 0 Å². The van der Waals surface area contributed by atoms with Gasteiger partial charge in [0.05, 0.1) is 18.2 Å². The maximum Gasteiger partial charge on any atom is 0.340 e. The lowest BCUT2D eigenvalue weighted by atomic mass is 10.0. The predicted molar refractivity (Wildman–Crippen MR) is 99.4 cm³/mol. The van der Waals surface area contributed by atoms with Crippen molar-refractivity contribution in [2.45, 2.75) is 56.3 Å². The average molecular weight is 354 g/mol. The zero-order valence-corrected chi connectivity index (χ0v) is 15.3. The number of fused-ring (bicyclic) bond motifs is 3. The minimum absolute atomic E-state index is 0.0492. The molecular weight excluding hydrogens is 328 g/mol. The minimum Gasteiger partial charge on any atom is -0.459 e. The van der Waals surface area contributed by atoms with E-state index in [9.17, 15) is 4.79 Å². The molecule has 1 aromatic carbocycles. The summed E-state index contributed by atoms with van der Waals surface area (Å²) in [6, 6.07) is 9.58. The molecule has 0 radical (unpaired) electrons. The van der Waals surface area contributed by atoms with E-state index in [1.54, 1.807) is 0 Å². The summed E-state index contributed by atoms with van der Waals surface area (Å²) in [7, 11) is 2.21. The van der Waals surface area contributed by atoms with Crippen molar-refractivity contribution in [2.75, 3.05) is 20.3 Å². The van der Waals surface area contributed by atoms with Crippen molar-refractivity contribution >= 4 is 16.9 Å². The Hall–Kier alpha value is -1.85. The van der Waals surface area contributed by atoms with Crippen LogP contribution in [-0.2, 0) is 9.47 Å². The van der Waals surface area contributed by atoms with Gasteiger partial charge in [-0.15, -0.1) is 0 Å². The van der Waals surface area contributed by atoms with E-state index in [2.05, 4.69) is 22.6 Å². The summed E-state index contributed by atoms with van der Waals surface area (Å²) in [5.41, 5.74) is 1.79. The lowest BCUT2D eigenvalue weighted by Crippen LogP contribution is -2.43. The summed E-state index contributed by atoms with van der Waals surface area (Å²) in [6.45, 7) is 1.50. The van der Waals surface area contributed by atoms with Gasteiger partial charge in [-0.1, -0.05) is 18.2 Å². The second-order valence-corrected chi connectivity index (χ2v) is 8.03. The maximum atomic E-state index is 13.0. The van der Waals surface area contributed by atoms with Crippen LogP contribution in [0, 0.1) is 0 Å². The number of hydrogen-bond donors (Lipinski definition) is 0. The van der Waals surface area contributed by atoms with E-state index >= 15 is 0 Å². The van der Waals surface area contributed by atoms with E-state index in [1.165, 1.54) is 12.8 Å². The van der Waals surface area contributed by atoms with Crippen molar-refractivity contribution in [3.05, 3.63) is 36.0 Å². The molecule has 5 heteroatoms. The Morgan fingerprint density at radius 1 is 1.12 bits per heavy atom. The summed E-state index contributed by atoms with van der Waals surface area (Å²) in [5, 5.41) is 0.986. The zero-order chi connectivity index (χ0) is 17.7. The van der Waals surface area contributed by atoms with E-state index in [4.69, 9.17) is 9.47 Å². The maximum absolute atomic E-state index is 13.0. The van der Waals surface area contributed by atoms with Crippen molar-refractivity contribution in [3.8, 4) is 0 Å². The fourth-order valence-corrected chi connectivity index (χ4v) is 5.08. The van der Waals surface area contributed by atoms with Gasteiger partial charge in [0.2, 0.25) is 0 Å². The summed E-state index contributed by atoms with van der Waals surface area (Å²) < 4.78 is 13.7. The third kappa shape index (κ3) is 2.65. The molecule has 4 atom stereocenters. The Morgan fingerprint density at radius 2 is 1.88 bits per heavy atom. The fourth-order valence-electron chi connectivity index (χ4n) is 5.08. The van der Waals surface area contributed by atoms with Crippen molar-refractivity contribution < 1.29 is 14.3 Å². The van der Waals surface area contributed by atoms with Gasteiger partial charge in [-0.2, -0.15) is 0 Å². The molecule has 0 aliphatic carbocycles. The molecular formula is C21H26N2O3. The van der Waals surface area contributed by atoms with Gasteiger partial charge in [-0.25, -0.2) is 4.79 Å². The van der Waals surface area contributed by atoms with E-state index < -0.39 is 0 Å². The average Bonchev–Trinajstić information content (AvgIpc) is 3.33. The second-order valence-electron chi connectivity index (χ2n) is 8.03. The van der Waals surface area contributed by atoms with E-state index in [0.717, 1.165) is 36.8 Å². The molecule has 5 nitrogen and oxygen atoms in total. The van der Waals surface area contributed by atoms with Crippen LogP contribution >= 0.6 is 0 Å². The number of nitrogens with zero attached hydrogens (tertiary/aromatic N) is 2. The van der Waals surface area contributed by atoms with Gasteiger partial charge < -0.3 is 18.9 Å². The standard InChI is InChI=1S/C21H26N2O3/c1-22-14-6-7-15(22)11-17(10-14)26-21(24)19-12-23(16-8-9-25-13-16)20-5-3-2-4-18(19)20/h2-5,12,14-17H,6-11,13H2,1H3/t14-,15+,16-,17-/m0/s1. The molecule has 3 fully saturated rings. The Morgan fingerprint density at radius 3 is 2.62 bits per heavy atom. The highest BCUT2D eigenvalue weighted by atomic mass is 16.5. The lowest BCUT2D eigenvalue weighted by Gasteiger charge is -2.35. The number of carbonyl (C=O) groups excluding carboxylic acids is 1. The highest BCUT2D eigenvalue weighted by Crippen LogP contribution is 2.36. The summed E-state index contributed by atoms with van der Waals surface area (Å²) in [4.78, 5) is 15.5. The Balaban J connectivity index is 1.41. The molecule has 3 aliphatic rings. The minimum atomic E-state index is -0.173. The number of hydrogen-bond acceptors (Lipinski definition) is 4. The molecule has 0 spiro atoms. The SMILES string of the molecule is CN1[C@@H]2CC[C@H]1C[C@H](OC(=O)c1cn([C@H]3CCOC3)c3ccccc13)C2. The van der Waals surface area contributed by atoms with Gasteiger partial charge in [0.15, 0.2) is 0 Å². The molecule has 26 heavy (non-hydrogen) atoms. The number of esters is 1. The van der Waals surface area contributed by atoms with Crippen LogP contribution in [0.5, 0.6) is 0 Å². The second kappa shape index (κ2) is 6.39. The first-order valence-corrected chi connectivity index (χ1v) is 9.81. The van der Waals surface area contributed by atoms with E-state index in [-0.39, 0.29) is 12.1 Å². The van der Waals surface area contributed by atoms with Crippen LogP contribution in [0.1, 0.15) is 48.5 Å². The van der Waals surface area contributed by atoms with Gasteiger partial charge in [0, 0.05) is 48.6 Å². The van der Waals surface area contributed by atoms with Crippen LogP contribution in [0.2, 0.25) is 0 Å². The first kappa shape index (κ1) is 16.3. The molecule has 138 valence electrons. The van der Waals surface area contributed by atoms with Gasteiger partial charge in [-0.05, 0) is 32.4 Å². The molecule has 0 N–H and O–H groups in total. The number of rotatable bonds is 3. The number of piperidine rings is 1. The van der Waals surface area contributed by atoms with Crippen LogP contribution in [0.4, 0.5) is 0 Å². The van der Waals surface area contributed by atoms with Crippen molar-refractivity contribution in [1.29, 1.82) is 0 Å². The molecule has 0 saturated carbocycles. The number of para-hydroxylation sites is 1. The molecule has 3 saturated heterocycles. The summed E-state index contributed by atoms with van der Waals surface area (Å²) in [5.74, 6) is -0.173. The topological polar surface area (TPSA) is 43.7 Å². The fraction of sp³-hybridized carbons (Fsp3) is 0.571. The van der Waals surface area contributed by atoms with Gasteiger partial charge in [-0.3, -0.25) is 0 Å². The quantitative estimate of drug-likeness (QED) is 0.793. The van der Waals surface area contributed by atoms with Gasteiger partial charge >= 0.3 is 5.97 Å². The van der Waals surface area contributed by atoms with Crippen LogP contribution in [-0.4, -0.2) is 53.9 Å². The van der Waals surface area contributed by atoms with Gasteiger partial charge in [0.1, 0.15) is 6.10 Å². The highest BCUT2D eigenvalue weighted by molar-refractivity contribution is 6.04. The highest BCUT2D eigenvalue weighted by Gasteiger charge is 2.40. The lowest BCUT2D eigenvalue weighted by molar-refractivity contribution is -0.000291. The Labute approximate surface area is 153 Å². The first-order valence-electron chi connectivity index (χ1n) is 9.81. The number of benzene rings is 1. The molecule has 3 aliphatic heterocycles. The molecule has 0 amide bonds. The molecule has 5 rings (SSSR count). The molecule has 0 unspecified atom stereocenters. The monoisotopic (exact) mass is 354 g/mol. The van der Waals surface area contributed by atoms with Crippen LogP contribution < -0.4 is 0 Å². The van der Waals surface area contributed by atoms with Crippen molar-refractivity contribution in [2.24, 2.45) is 0 Å². The van der Waals surface area contributed by atoms with Crippen molar-refractivity contribution in [1.82, 2.24) is 9.47 Å². The molecule has 1 aromatic heterocycles. The third-order valence-electron chi connectivity index (χ3n) is 6.59. The third-order valence-corrected chi connectivity index (χ3v) is 6.59. The van der Waals surface area contributed by atoms with Crippen LogP contribution in [0.15, 0.2) is 30.5 Å². The number of ether oxygens (including phenoxy) is 2. The smallest absolute Gasteiger partial charge is 0.340 e. The Kier molecular flexibility index (Phi) is 4.02. The number of aromatic nitrogens is 1. The zero-order valence-electron chi connectivity index (χ0n) is 15.3. The Bertz CT molecular complexity index is 810. The first-order chi connectivity index (χ1) is 12.7. The predicted octanol–water partition coefficient (Wildman–Crippen LogP) is 3.38. The largest absolute Gasteiger partial charge is 0.459 e. The van der Waals surface area contributed by atoms with E-state index in [0.29, 0.717) is 30.3 Å².